The van der Waals surface area contributed by atoms with Crippen LogP contribution < -0.4 is 15.0 Å². The first-order valence-corrected chi connectivity index (χ1v) is 9.93. The summed E-state index contributed by atoms with van der Waals surface area (Å²) in [5, 5.41) is 10.2. The largest absolute Gasteiger partial charge is 0.445 e. The lowest BCUT2D eigenvalue weighted by molar-refractivity contribution is -0.133. The van der Waals surface area contributed by atoms with Crippen molar-refractivity contribution in [1.29, 1.82) is 0 Å². The van der Waals surface area contributed by atoms with Gasteiger partial charge in [0, 0.05) is 13.0 Å². The highest BCUT2D eigenvalue weighted by Gasteiger charge is 2.31. The van der Waals surface area contributed by atoms with Crippen LogP contribution in [0.15, 0.2) is 0 Å². The van der Waals surface area contributed by atoms with Crippen LogP contribution in [0.1, 0.15) is 54.4 Å². The van der Waals surface area contributed by atoms with Crippen LogP contribution in [0.5, 0.6) is 0 Å². The highest BCUT2D eigenvalue weighted by atomic mass is 32.2. The first-order chi connectivity index (χ1) is 11.7. The number of carbonyl (C=O) groups is 2. The molecule has 0 aliphatic rings. The number of hydrogen-bond donors (Lipinski definition) is 4. The summed E-state index contributed by atoms with van der Waals surface area (Å²) < 4.78 is 30.5. The van der Waals surface area contributed by atoms with Crippen LogP contribution in [-0.4, -0.2) is 49.4 Å². The van der Waals surface area contributed by atoms with Gasteiger partial charge in [-0.25, -0.2) is 14.9 Å². The van der Waals surface area contributed by atoms with Gasteiger partial charge < -0.3 is 9.84 Å². The molecule has 0 aliphatic heterocycles. The van der Waals surface area contributed by atoms with Gasteiger partial charge in [0.2, 0.25) is 5.91 Å². The maximum atomic E-state index is 12.6. The highest BCUT2D eigenvalue weighted by molar-refractivity contribution is 7.87. The van der Waals surface area contributed by atoms with Gasteiger partial charge in [-0.15, -0.1) is 5.12 Å². The van der Waals surface area contributed by atoms with Crippen molar-refractivity contribution in [2.24, 2.45) is 11.8 Å². The van der Waals surface area contributed by atoms with Crippen LogP contribution in [0.2, 0.25) is 0 Å². The highest BCUT2D eigenvalue weighted by Crippen LogP contribution is 2.19. The second-order valence-corrected chi connectivity index (χ2v) is 8.84. The topological polar surface area (TPSA) is 137 Å². The fourth-order valence-electron chi connectivity index (χ4n) is 1.91. The summed E-state index contributed by atoms with van der Waals surface area (Å²) in [6.45, 7) is 10.2. The van der Waals surface area contributed by atoms with Crippen molar-refractivity contribution in [1.82, 2.24) is 20.1 Å². The number of carbonyl (C=O) groups excluding carboxylic acids is 2. The van der Waals surface area contributed by atoms with Crippen molar-refractivity contribution >= 4 is 22.2 Å². The van der Waals surface area contributed by atoms with Crippen LogP contribution in [0.3, 0.4) is 0 Å². The van der Waals surface area contributed by atoms with E-state index in [1.807, 2.05) is 9.55 Å². The SMILES string of the molecule is CC[C@H](O)C[C@H](C(=O)NN(NS(=O)(=O)NC)C(=O)OC(C)(C)C)C(C)C. The van der Waals surface area contributed by atoms with Gasteiger partial charge in [0.15, 0.2) is 0 Å². The molecule has 2 atom stereocenters. The fraction of sp³-hybridized carbons (Fsp3) is 0.867. The lowest BCUT2D eigenvalue weighted by atomic mass is 9.89. The molecule has 154 valence electrons. The summed E-state index contributed by atoms with van der Waals surface area (Å²) in [4.78, 5) is 26.7. The minimum Gasteiger partial charge on any atom is -0.441 e. The number of amides is 2. The Morgan fingerprint density at radius 3 is 2.15 bits per heavy atom. The molecule has 0 fully saturated rings. The molecule has 0 heterocycles. The monoisotopic (exact) mass is 396 g/mol. The van der Waals surface area contributed by atoms with Gasteiger partial charge in [0.1, 0.15) is 5.60 Å². The van der Waals surface area contributed by atoms with Crippen LogP contribution in [-0.2, 0) is 19.7 Å². The average molecular weight is 397 g/mol. The van der Waals surface area contributed by atoms with Gasteiger partial charge in [-0.3, -0.25) is 4.79 Å². The second kappa shape index (κ2) is 10.0. The van der Waals surface area contributed by atoms with Gasteiger partial charge in [-0.1, -0.05) is 25.6 Å². The number of aliphatic hydroxyl groups is 1. The Kier molecular flexibility index (Phi) is 9.49. The van der Waals surface area contributed by atoms with E-state index in [2.05, 4.69) is 5.43 Å². The molecule has 0 bridgehead atoms. The number of nitrogens with zero attached hydrogens (tertiary/aromatic N) is 1. The maximum Gasteiger partial charge on any atom is 0.445 e. The Labute approximate surface area is 155 Å². The Morgan fingerprint density at radius 2 is 1.77 bits per heavy atom. The third-order valence-electron chi connectivity index (χ3n) is 3.42. The third-order valence-corrected chi connectivity index (χ3v) is 4.38. The molecule has 2 amide bonds. The molecular weight excluding hydrogens is 364 g/mol. The molecule has 0 aromatic heterocycles. The number of ether oxygens (including phenoxy) is 1. The maximum absolute atomic E-state index is 12.6. The molecule has 0 radical (unpaired) electrons. The molecule has 10 nitrogen and oxygen atoms in total. The molecule has 0 saturated heterocycles. The van der Waals surface area contributed by atoms with E-state index in [0.717, 1.165) is 7.05 Å². The smallest absolute Gasteiger partial charge is 0.441 e. The van der Waals surface area contributed by atoms with Gasteiger partial charge in [0.25, 0.3) is 10.2 Å². The second-order valence-electron chi connectivity index (χ2n) is 7.24. The van der Waals surface area contributed by atoms with E-state index in [-0.39, 0.29) is 12.3 Å². The summed E-state index contributed by atoms with van der Waals surface area (Å²) in [5.74, 6) is -1.39. The number of aliphatic hydroxyl groups excluding tert-OH is 1. The zero-order valence-corrected chi connectivity index (χ0v) is 17.3. The number of rotatable bonds is 8. The van der Waals surface area contributed by atoms with Gasteiger partial charge in [0.05, 0.1) is 6.10 Å². The predicted octanol–water partition coefficient (Wildman–Crippen LogP) is 0.657. The van der Waals surface area contributed by atoms with E-state index in [4.69, 9.17) is 4.74 Å². The normalized spacial score (nSPS) is 14.7. The van der Waals surface area contributed by atoms with Crippen molar-refractivity contribution in [2.75, 3.05) is 7.05 Å². The molecule has 0 saturated carbocycles. The summed E-state index contributed by atoms with van der Waals surface area (Å²) in [7, 11) is -2.93. The van der Waals surface area contributed by atoms with Crippen LogP contribution in [0.25, 0.3) is 0 Å². The van der Waals surface area contributed by atoms with E-state index in [1.165, 1.54) is 0 Å². The van der Waals surface area contributed by atoms with Crippen molar-refractivity contribution in [2.45, 2.75) is 66.1 Å². The molecule has 0 rings (SSSR count). The molecule has 0 aromatic carbocycles. The van der Waals surface area contributed by atoms with Crippen LogP contribution in [0, 0.1) is 11.8 Å². The predicted molar refractivity (Wildman–Crippen MR) is 96.6 cm³/mol. The van der Waals surface area contributed by atoms with Crippen LogP contribution in [0.4, 0.5) is 4.79 Å². The first kappa shape index (κ1) is 24.6. The average Bonchev–Trinajstić information content (AvgIpc) is 2.49. The Balaban J connectivity index is 5.42. The summed E-state index contributed by atoms with van der Waals surface area (Å²) in [6, 6.07) is 0. The summed E-state index contributed by atoms with van der Waals surface area (Å²) >= 11 is 0. The van der Waals surface area contributed by atoms with E-state index in [9.17, 15) is 23.1 Å². The zero-order chi connectivity index (χ0) is 20.7. The first-order valence-electron chi connectivity index (χ1n) is 8.45. The van der Waals surface area contributed by atoms with Gasteiger partial charge >= 0.3 is 6.09 Å². The molecule has 0 aromatic rings. The Morgan fingerprint density at radius 1 is 1.23 bits per heavy atom. The van der Waals surface area contributed by atoms with E-state index < -0.39 is 39.8 Å². The lowest BCUT2D eigenvalue weighted by Gasteiger charge is -2.29. The lowest BCUT2D eigenvalue weighted by Crippen LogP contribution is -2.60. The number of hydrogen-bond acceptors (Lipinski definition) is 6. The molecule has 26 heavy (non-hydrogen) atoms. The van der Waals surface area contributed by atoms with Crippen molar-refractivity contribution in [3.63, 3.8) is 0 Å². The number of hydrazine groups is 2. The summed E-state index contributed by atoms with van der Waals surface area (Å²) in [6.07, 6.45) is -1.13. The van der Waals surface area contributed by atoms with E-state index >= 15 is 0 Å². The minimum absolute atomic E-state index is 0.141. The Hall–Kier alpha value is -1.43. The molecular formula is C15H32N4O6S. The van der Waals surface area contributed by atoms with Gasteiger partial charge in [-0.2, -0.15) is 8.42 Å². The molecule has 4 N–H and O–H groups in total. The molecule has 0 spiro atoms. The van der Waals surface area contributed by atoms with Crippen LogP contribution >= 0.6 is 0 Å². The molecule has 0 aliphatic carbocycles. The summed E-state index contributed by atoms with van der Waals surface area (Å²) in [5.41, 5.74) is 1.32. The standard InChI is InChI=1S/C15H32N4O6S/c1-8-11(20)9-12(10(2)3)13(21)17-19(18-26(23,24)16-7)14(22)25-15(4,5)6/h10-12,16,18,20H,8-9H2,1-7H3,(H,17,21)/t11-,12-/m0/s1. The van der Waals surface area contributed by atoms with Crippen molar-refractivity contribution in [3.8, 4) is 0 Å². The third kappa shape index (κ3) is 9.32. The van der Waals surface area contributed by atoms with E-state index in [0.29, 0.717) is 11.5 Å². The van der Waals surface area contributed by atoms with Gasteiger partial charge in [-0.05, 0) is 39.5 Å². The van der Waals surface area contributed by atoms with Crippen molar-refractivity contribution < 1.29 is 27.9 Å². The minimum atomic E-state index is -4.08. The fourth-order valence-corrected chi connectivity index (χ4v) is 2.37. The Bertz CT molecular complexity index is 573. The zero-order valence-electron chi connectivity index (χ0n) is 16.5. The molecule has 0 unspecified atom stereocenters. The van der Waals surface area contributed by atoms with E-state index in [1.54, 1.807) is 41.5 Å². The van der Waals surface area contributed by atoms with Crippen molar-refractivity contribution in [3.05, 3.63) is 0 Å². The molecule has 11 heteroatoms. The quantitative estimate of drug-likeness (QED) is 0.445. The number of nitrogens with one attached hydrogen (secondary N) is 3.